The highest BCUT2D eigenvalue weighted by Gasteiger charge is 2.41. The molecule has 6 nitrogen and oxygen atoms in total. The number of nitrogens with zero attached hydrogens (tertiary/aromatic N) is 3. The maximum atomic E-state index is 14.1. The fourth-order valence-electron chi connectivity index (χ4n) is 3.80. The zero-order valence-corrected chi connectivity index (χ0v) is 17.4. The summed E-state index contributed by atoms with van der Waals surface area (Å²) in [7, 11) is 0. The lowest BCUT2D eigenvalue weighted by atomic mass is 10.1. The predicted octanol–water partition coefficient (Wildman–Crippen LogP) is 4.08. The molecule has 0 spiro atoms. The second kappa shape index (κ2) is 9.05. The Kier molecular flexibility index (Phi) is 6.17. The largest absolute Gasteiger partial charge is 0.434 e. The fraction of sp³-hybridized carbons (Fsp3) is 0.261. The smallest absolute Gasteiger partial charge is 0.348 e. The highest BCUT2D eigenvalue weighted by molar-refractivity contribution is 5.95. The van der Waals surface area contributed by atoms with Crippen LogP contribution in [0.5, 0.6) is 0 Å². The van der Waals surface area contributed by atoms with Gasteiger partial charge in [0.25, 0.3) is 5.91 Å². The van der Waals surface area contributed by atoms with Crippen LogP contribution in [-0.4, -0.2) is 33.0 Å². The molecule has 1 N–H and O–H groups in total. The molecule has 1 aliphatic heterocycles. The van der Waals surface area contributed by atoms with E-state index in [2.05, 4.69) is 10.4 Å². The number of benzene rings is 2. The van der Waals surface area contributed by atoms with E-state index in [1.165, 1.54) is 12.1 Å². The normalized spacial score (nSPS) is 14.1. The Morgan fingerprint density at radius 2 is 1.85 bits per heavy atom. The molecule has 0 atom stereocenters. The van der Waals surface area contributed by atoms with Crippen LogP contribution < -0.4 is 5.32 Å². The van der Waals surface area contributed by atoms with E-state index in [9.17, 15) is 27.2 Å². The van der Waals surface area contributed by atoms with Crippen LogP contribution in [0.3, 0.4) is 0 Å². The van der Waals surface area contributed by atoms with Crippen molar-refractivity contribution in [3.63, 3.8) is 0 Å². The number of amides is 2. The summed E-state index contributed by atoms with van der Waals surface area (Å²) in [6.45, 7) is 1.10. The van der Waals surface area contributed by atoms with Crippen LogP contribution in [0, 0.1) is 5.82 Å². The van der Waals surface area contributed by atoms with Crippen LogP contribution in [0.1, 0.15) is 40.0 Å². The van der Waals surface area contributed by atoms with Crippen LogP contribution >= 0.6 is 0 Å². The molecule has 1 aliphatic rings. The topological polar surface area (TPSA) is 67.2 Å². The number of carbonyl (C=O) groups excluding carboxylic acids is 2. The number of hydrogen-bond donors (Lipinski definition) is 1. The quantitative estimate of drug-likeness (QED) is 0.564. The van der Waals surface area contributed by atoms with Gasteiger partial charge in [-0.05, 0) is 29.7 Å². The van der Waals surface area contributed by atoms with Crippen molar-refractivity contribution < 1.29 is 27.2 Å². The molecule has 0 bridgehead atoms. The second-order valence-electron chi connectivity index (χ2n) is 7.69. The van der Waals surface area contributed by atoms with Crippen molar-refractivity contribution in [2.75, 3.05) is 6.54 Å². The zero-order valence-electron chi connectivity index (χ0n) is 17.4. The Balaban J connectivity index is 1.52. The molecule has 4 rings (SSSR count). The van der Waals surface area contributed by atoms with Gasteiger partial charge in [-0.1, -0.05) is 36.4 Å². The first-order chi connectivity index (χ1) is 15.7. The summed E-state index contributed by atoms with van der Waals surface area (Å²) in [6.07, 6.45) is -2.82. The number of aromatic nitrogens is 2. The van der Waals surface area contributed by atoms with Crippen LogP contribution in [0.4, 0.5) is 17.6 Å². The Hall–Kier alpha value is -3.69. The van der Waals surface area contributed by atoms with Crippen LogP contribution in [-0.2, 0) is 24.1 Å². The summed E-state index contributed by atoms with van der Waals surface area (Å²) in [6, 6.07) is 12.0. The van der Waals surface area contributed by atoms with E-state index in [4.69, 9.17) is 0 Å². The molecule has 2 amide bonds. The number of halogens is 4. The molecule has 10 heteroatoms. The van der Waals surface area contributed by atoms with E-state index < -0.39 is 34.8 Å². The number of carbonyl (C=O) groups is 2. The van der Waals surface area contributed by atoms with Crippen LogP contribution in [0.25, 0.3) is 5.69 Å². The third-order valence-corrected chi connectivity index (χ3v) is 5.35. The first kappa shape index (κ1) is 22.5. The first-order valence-corrected chi connectivity index (χ1v) is 10.3. The van der Waals surface area contributed by atoms with Gasteiger partial charge in [-0.25, -0.2) is 9.07 Å². The molecule has 1 saturated heterocycles. The Labute approximate surface area is 186 Å². The number of alkyl halides is 3. The van der Waals surface area contributed by atoms with Crippen LogP contribution in [0.15, 0.2) is 54.7 Å². The molecule has 2 heterocycles. The van der Waals surface area contributed by atoms with Gasteiger partial charge in [0.05, 0.1) is 11.8 Å². The minimum atomic E-state index is -4.94. The van der Waals surface area contributed by atoms with Crippen molar-refractivity contribution >= 4 is 11.8 Å². The molecule has 1 fully saturated rings. The van der Waals surface area contributed by atoms with Gasteiger partial charge >= 0.3 is 6.18 Å². The maximum absolute atomic E-state index is 14.1. The molecule has 0 radical (unpaired) electrons. The number of hydrogen-bond acceptors (Lipinski definition) is 3. The number of para-hydroxylation sites is 1. The molecule has 2 aromatic carbocycles. The minimum absolute atomic E-state index is 0.0250. The van der Waals surface area contributed by atoms with E-state index in [-0.39, 0.29) is 12.5 Å². The lowest BCUT2D eigenvalue weighted by molar-refractivity contribution is -0.143. The maximum Gasteiger partial charge on any atom is 0.434 e. The van der Waals surface area contributed by atoms with E-state index in [0.717, 1.165) is 30.3 Å². The fourth-order valence-corrected chi connectivity index (χ4v) is 3.80. The first-order valence-electron chi connectivity index (χ1n) is 10.3. The minimum Gasteiger partial charge on any atom is -0.348 e. The zero-order chi connectivity index (χ0) is 23.6. The second-order valence-corrected chi connectivity index (χ2v) is 7.69. The molecular formula is C23H20F4N4O2. The van der Waals surface area contributed by atoms with Gasteiger partial charge < -0.3 is 10.2 Å². The molecule has 0 unspecified atom stereocenters. The highest BCUT2D eigenvalue weighted by atomic mass is 19.4. The van der Waals surface area contributed by atoms with Gasteiger partial charge in [0, 0.05) is 26.1 Å². The van der Waals surface area contributed by atoms with Crippen molar-refractivity contribution in [1.82, 2.24) is 20.0 Å². The van der Waals surface area contributed by atoms with Crippen molar-refractivity contribution in [2.45, 2.75) is 32.1 Å². The van der Waals surface area contributed by atoms with E-state index in [1.54, 1.807) is 23.1 Å². The summed E-state index contributed by atoms with van der Waals surface area (Å²) in [5, 5.41) is 6.10. The lowest BCUT2D eigenvalue weighted by Gasteiger charge is -2.16. The van der Waals surface area contributed by atoms with E-state index >= 15 is 0 Å². The summed E-state index contributed by atoms with van der Waals surface area (Å²) in [4.78, 5) is 26.2. The third kappa shape index (κ3) is 4.89. The van der Waals surface area contributed by atoms with Gasteiger partial charge in [0.1, 0.15) is 11.5 Å². The Morgan fingerprint density at radius 3 is 2.55 bits per heavy atom. The molecular weight excluding hydrogens is 440 g/mol. The van der Waals surface area contributed by atoms with Gasteiger partial charge in [0.2, 0.25) is 5.91 Å². The SMILES string of the molecule is O=C(NCc1cccc(CN2CCCC2=O)c1)c1cnn(-c2ccccc2F)c1C(F)(F)F. The molecule has 0 aliphatic carbocycles. The summed E-state index contributed by atoms with van der Waals surface area (Å²) < 4.78 is 55.8. The molecule has 172 valence electrons. The molecule has 1 aromatic heterocycles. The van der Waals surface area contributed by atoms with Crippen molar-refractivity contribution in [3.8, 4) is 5.69 Å². The van der Waals surface area contributed by atoms with Gasteiger partial charge in [-0.15, -0.1) is 0 Å². The lowest BCUT2D eigenvalue weighted by Crippen LogP contribution is -2.27. The standard InChI is InChI=1S/C23H20F4N4O2/c24-18-7-1-2-8-19(18)31-21(23(25,26)27)17(13-29-31)22(33)28-12-15-5-3-6-16(11-15)14-30-10-4-9-20(30)32/h1-3,5-8,11,13H,4,9-10,12,14H2,(H,28,33). The van der Waals surface area contributed by atoms with Crippen molar-refractivity contribution in [3.05, 3.63) is 82.9 Å². The number of likely N-dealkylation sites (tertiary alicyclic amines) is 1. The average molecular weight is 460 g/mol. The van der Waals surface area contributed by atoms with E-state index in [0.29, 0.717) is 29.8 Å². The molecule has 33 heavy (non-hydrogen) atoms. The molecule has 0 saturated carbocycles. The van der Waals surface area contributed by atoms with Gasteiger partial charge in [-0.3, -0.25) is 9.59 Å². The monoisotopic (exact) mass is 460 g/mol. The average Bonchev–Trinajstić information content (AvgIpc) is 3.39. The summed E-state index contributed by atoms with van der Waals surface area (Å²) in [5.74, 6) is -1.79. The third-order valence-electron chi connectivity index (χ3n) is 5.35. The van der Waals surface area contributed by atoms with Gasteiger partial charge in [0.15, 0.2) is 5.69 Å². The van der Waals surface area contributed by atoms with Crippen molar-refractivity contribution in [2.24, 2.45) is 0 Å². The Bertz CT molecular complexity index is 1190. The number of nitrogens with one attached hydrogen (secondary N) is 1. The van der Waals surface area contributed by atoms with Gasteiger partial charge in [-0.2, -0.15) is 18.3 Å². The van der Waals surface area contributed by atoms with E-state index in [1.807, 2.05) is 6.07 Å². The predicted molar refractivity (Wildman–Crippen MR) is 111 cm³/mol. The van der Waals surface area contributed by atoms with Crippen molar-refractivity contribution in [1.29, 1.82) is 0 Å². The van der Waals surface area contributed by atoms with Crippen LogP contribution in [0.2, 0.25) is 0 Å². The Morgan fingerprint density at radius 1 is 1.09 bits per heavy atom. The highest BCUT2D eigenvalue weighted by Crippen LogP contribution is 2.34. The number of rotatable bonds is 6. The summed E-state index contributed by atoms with van der Waals surface area (Å²) >= 11 is 0. The summed E-state index contributed by atoms with van der Waals surface area (Å²) in [5.41, 5.74) is -0.938. The molecule has 3 aromatic rings.